The van der Waals surface area contributed by atoms with Crippen molar-refractivity contribution in [1.29, 1.82) is 0 Å². The second kappa shape index (κ2) is 3.80. The van der Waals surface area contributed by atoms with Crippen LogP contribution < -0.4 is 0 Å². The van der Waals surface area contributed by atoms with Gasteiger partial charge in [0, 0.05) is 7.05 Å². The third kappa shape index (κ3) is 1.46. The lowest BCUT2D eigenvalue weighted by Crippen LogP contribution is -2.60. The first-order valence-electron chi connectivity index (χ1n) is 6.41. The molecule has 2 aliphatic heterocycles. The van der Waals surface area contributed by atoms with Gasteiger partial charge in [-0.3, -0.25) is 19.4 Å². The lowest BCUT2D eigenvalue weighted by Gasteiger charge is -2.45. The van der Waals surface area contributed by atoms with Crippen LogP contribution in [0, 0.1) is 5.41 Å². The van der Waals surface area contributed by atoms with Gasteiger partial charge in [0.1, 0.15) is 5.54 Å². The summed E-state index contributed by atoms with van der Waals surface area (Å²) in [5, 5.41) is 0. The summed E-state index contributed by atoms with van der Waals surface area (Å²) in [5.41, 5.74) is -1.30. The minimum absolute atomic E-state index is 0.0469. The summed E-state index contributed by atoms with van der Waals surface area (Å²) < 4.78 is 0. The van der Waals surface area contributed by atoms with E-state index in [1.807, 2.05) is 20.8 Å². The summed E-state index contributed by atoms with van der Waals surface area (Å²) in [6.45, 7) is 7.57. The Morgan fingerprint density at radius 3 is 1.88 bits per heavy atom. The number of carbonyl (C=O) groups excluding carboxylic acids is 2. The Labute approximate surface area is 103 Å². The van der Waals surface area contributed by atoms with Gasteiger partial charge in [0.25, 0.3) is 0 Å². The van der Waals surface area contributed by atoms with Gasteiger partial charge in [0.05, 0.1) is 5.41 Å². The summed E-state index contributed by atoms with van der Waals surface area (Å²) in [5.74, 6) is -0.107. The topological polar surface area (TPSA) is 40.6 Å². The molecule has 0 aromatic rings. The number of amides is 2. The number of piperidine rings is 1. The number of hydrogen-bond donors (Lipinski definition) is 0. The lowest BCUT2D eigenvalue weighted by molar-refractivity contribution is -0.140. The van der Waals surface area contributed by atoms with E-state index in [1.165, 1.54) is 11.3 Å². The largest absolute Gasteiger partial charge is 0.289 e. The third-order valence-electron chi connectivity index (χ3n) is 4.77. The van der Waals surface area contributed by atoms with Gasteiger partial charge in [-0.15, -0.1) is 0 Å². The molecule has 2 heterocycles. The molecule has 0 aliphatic carbocycles. The molecule has 4 heteroatoms. The minimum atomic E-state index is -0.667. The van der Waals surface area contributed by atoms with Gasteiger partial charge >= 0.3 is 0 Å². The molecule has 96 valence electrons. The van der Waals surface area contributed by atoms with Gasteiger partial charge in [-0.05, 0) is 46.7 Å². The minimum Gasteiger partial charge on any atom is -0.289 e. The van der Waals surface area contributed by atoms with Crippen molar-refractivity contribution < 1.29 is 9.59 Å². The van der Waals surface area contributed by atoms with Crippen LogP contribution in [-0.2, 0) is 9.59 Å². The third-order valence-corrected chi connectivity index (χ3v) is 4.77. The van der Waals surface area contributed by atoms with Crippen LogP contribution in [0.5, 0.6) is 0 Å². The number of carbonyl (C=O) groups is 2. The zero-order valence-corrected chi connectivity index (χ0v) is 11.2. The molecule has 1 unspecified atom stereocenters. The molecule has 0 bridgehead atoms. The van der Waals surface area contributed by atoms with E-state index in [4.69, 9.17) is 0 Å². The van der Waals surface area contributed by atoms with E-state index in [-0.39, 0.29) is 11.8 Å². The molecule has 2 amide bonds. The first-order chi connectivity index (χ1) is 7.83. The maximum Gasteiger partial charge on any atom is 0.250 e. The molecule has 2 fully saturated rings. The summed E-state index contributed by atoms with van der Waals surface area (Å²) in [4.78, 5) is 28.1. The molecule has 4 nitrogen and oxygen atoms in total. The first kappa shape index (κ1) is 12.6. The summed E-state index contributed by atoms with van der Waals surface area (Å²) >= 11 is 0. The number of imide groups is 1. The fourth-order valence-electron chi connectivity index (χ4n) is 3.19. The number of hydrogen-bond acceptors (Lipinski definition) is 3. The molecule has 2 rings (SSSR count). The van der Waals surface area contributed by atoms with Gasteiger partial charge in [-0.1, -0.05) is 6.42 Å². The molecule has 0 N–H and O–H groups in total. The molecule has 17 heavy (non-hydrogen) atoms. The molecular formula is C13H22N2O2. The average molecular weight is 238 g/mol. The van der Waals surface area contributed by atoms with Crippen molar-refractivity contribution in [2.75, 3.05) is 20.1 Å². The maximum absolute atomic E-state index is 12.4. The monoisotopic (exact) mass is 238 g/mol. The van der Waals surface area contributed by atoms with Crippen molar-refractivity contribution >= 4 is 11.8 Å². The highest BCUT2D eigenvalue weighted by Crippen LogP contribution is 2.45. The summed E-state index contributed by atoms with van der Waals surface area (Å²) in [6, 6.07) is 0. The zero-order valence-electron chi connectivity index (χ0n) is 11.2. The van der Waals surface area contributed by atoms with Gasteiger partial charge in [-0.25, -0.2) is 0 Å². The standard InChI is InChI=1S/C13H22N2O2/c1-12(2)10(16)14(4)11(17)13(12,3)15-8-6-5-7-9-15/h5-9H2,1-4H3. The molecular weight excluding hydrogens is 216 g/mol. The van der Waals surface area contributed by atoms with Crippen molar-refractivity contribution in [2.24, 2.45) is 5.41 Å². The SMILES string of the molecule is CN1C(=O)C(C)(C)C(C)(N2CCCCC2)C1=O. The van der Waals surface area contributed by atoms with E-state index >= 15 is 0 Å². The molecule has 0 aromatic carbocycles. The van der Waals surface area contributed by atoms with Crippen LogP contribution in [0.2, 0.25) is 0 Å². The molecule has 0 spiro atoms. The van der Waals surface area contributed by atoms with Crippen molar-refractivity contribution in [2.45, 2.75) is 45.6 Å². The Kier molecular flexibility index (Phi) is 2.81. The fraction of sp³-hybridized carbons (Fsp3) is 0.846. The van der Waals surface area contributed by atoms with Crippen LogP contribution in [0.25, 0.3) is 0 Å². The summed E-state index contributed by atoms with van der Waals surface area (Å²) in [7, 11) is 1.60. The Bertz CT molecular complexity index is 358. The number of likely N-dealkylation sites (N-methyl/N-ethyl adjacent to an activating group) is 1. The predicted octanol–water partition coefficient (Wildman–Crippen LogP) is 1.26. The molecule has 0 saturated carbocycles. The van der Waals surface area contributed by atoms with Crippen molar-refractivity contribution in [3.05, 3.63) is 0 Å². The molecule has 0 aromatic heterocycles. The Hall–Kier alpha value is -0.900. The van der Waals surface area contributed by atoms with E-state index in [0.717, 1.165) is 25.9 Å². The second-order valence-electron chi connectivity index (χ2n) is 5.91. The molecule has 0 radical (unpaired) electrons. The average Bonchev–Trinajstić information content (AvgIpc) is 2.45. The van der Waals surface area contributed by atoms with Gasteiger partial charge in [-0.2, -0.15) is 0 Å². The van der Waals surface area contributed by atoms with Crippen molar-refractivity contribution in [3.8, 4) is 0 Å². The quantitative estimate of drug-likeness (QED) is 0.646. The molecule has 2 saturated heterocycles. The van der Waals surface area contributed by atoms with Crippen LogP contribution in [-0.4, -0.2) is 47.3 Å². The predicted molar refractivity (Wildman–Crippen MR) is 65.4 cm³/mol. The van der Waals surface area contributed by atoms with Crippen LogP contribution in [0.3, 0.4) is 0 Å². The number of rotatable bonds is 1. The van der Waals surface area contributed by atoms with Crippen LogP contribution >= 0.6 is 0 Å². The van der Waals surface area contributed by atoms with Gasteiger partial charge in [0.15, 0.2) is 0 Å². The highest BCUT2D eigenvalue weighted by Gasteiger charge is 2.63. The van der Waals surface area contributed by atoms with Gasteiger partial charge in [0.2, 0.25) is 11.8 Å². The van der Waals surface area contributed by atoms with E-state index in [9.17, 15) is 9.59 Å². The van der Waals surface area contributed by atoms with Crippen LogP contribution in [0.4, 0.5) is 0 Å². The molecule has 2 aliphatic rings. The first-order valence-corrected chi connectivity index (χ1v) is 6.41. The summed E-state index contributed by atoms with van der Waals surface area (Å²) in [6.07, 6.45) is 3.47. The van der Waals surface area contributed by atoms with E-state index in [0.29, 0.717) is 0 Å². The highest BCUT2D eigenvalue weighted by molar-refractivity contribution is 6.11. The smallest absolute Gasteiger partial charge is 0.250 e. The zero-order chi connectivity index (χ0) is 12.8. The van der Waals surface area contributed by atoms with Crippen LogP contribution in [0.15, 0.2) is 0 Å². The van der Waals surface area contributed by atoms with Crippen LogP contribution in [0.1, 0.15) is 40.0 Å². The Morgan fingerprint density at radius 2 is 1.47 bits per heavy atom. The Balaban J connectivity index is 2.40. The number of nitrogens with zero attached hydrogens (tertiary/aromatic N) is 2. The number of likely N-dealkylation sites (tertiary alicyclic amines) is 2. The van der Waals surface area contributed by atoms with E-state index in [2.05, 4.69) is 4.90 Å². The lowest BCUT2D eigenvalue weighted by atomic mass is 9.73. The second-order valence-corrected chi connectivity index (χ2v) is 5.91. The maximum atomic E-state index is 12.4. The normalized spacial score (nSPS) is 34.5. The van der Waals surface area contributed by atoms with Crippen molar-refractivity contribution in [3.63, 3.8) is 0 Å². The van der Waals surface area contributed by atoms with Gasteiger partial charge < -0.3 is 0 Å². The fourth-order valence-corrected chi connectivity index (χ4v) is 3.19. The highest BCUT2D eigenvalue weighted by atomic mass is 16.2. The Morgan fingerprint density at radius 1 is 0.941 bits per heavy atom. The van der Waals surface area contributed by atoms with E-state index in [1.54, 1.807) is 7.05 Å². The van der Waals surface area contributed by atoms with E-state index < -0.39 is 11.0 Å². The van der Waals surface area contributed by atoms with Crippen molar-refractivity contribution in [1.82, 2.24) is 9.80 Å². The molecule has 1 atom stereocenters.